The minimum absolute atomic E-state index is 0.271. The lowest BCUT2D eigenvalue weighted by Crippen LogP contribution is -2.35. The Balaban J connectivity index is 2.14. The Morgan fingerprint density at radius 3 is 2.50 bits per heavy atom. The molecule has 1 rings (SSSR count). The van der Waals surface area contributed by atoms with Gasteiger partial charge in [-0.2, -0.15) is 0 Å². The van der Waals surface area contributed by atoms with Gasteiger partial charge in [-0.05, 0) is 45.2 Å². The van der Waals surface area contributed by atoms with E-state index in [1.807, 2.05) is 0 Å². The van der Waals surface area contributed by atoms with E-state index in [-0.39, 0.29) is 5.56 Å². The Labute approximate surface area is 120 Å². The van der Waals surface area contributed by atoms with Gasteiger partial charge in [0.05, 0.1) is 5.56 Å². The van der Waals surface area contributed by atoms with Crippen LogP contribution in [0, 0.1) is 0 Å². The van der Waals surface area contributed by atoms with Gasteiger partial charge in [-0.15, -0.1) is 0 Å². The van der Waals surface area contributed by atoms with E-state index in [0.29, 0.717) is 18.4 Å². The zero-order chi connectivity index (χ0) is 15.0. The molecule has 5 nitrogen and oxygen atoms in total. The van der Waals surface area contributed by atoms with Crippen molar-refractivity contribution in [3.05, 3.63) is 29.8 Å². The van der Waals surface area contributed by atoms with Gasteiger partial charge in [-0.3, -0.25) is 0 Å². The van der Waals surface area contributed by atoms with E-state index < -0.39 is 5.97 Å². The van der Waals surface area contributed by atoms with Crippen LogP contribution in [0.3, 0.4) is 0 Å². The molecule has 0 radical (unpaired) electrons. The van der Waals surface area contributed by atoms with E-state index in [1.165, 1.54) is 0 Å². The maximum atomic E-state index is 10.7. The SMILES string of the molecule is CC(C)N(C)CCNCCOc1ccc(C(=O)O)cc1. The summed E-state index contributed by atoms with van der Waals surface area (Å²) in [5.41, 5.74) is 0.271. The van der Waals surface area contributed by atoms with Crippen LogP contribution in [0.4, 0.5) is 0 Å². The van der Waals surface area contributed by atoms with E-state index >= 15 is 0 Å². The molecule has 0 heterocycles. The highest BCUT2D eigenvalue weighted by Gasteiger charge is 2.03. The van der Waals surface area contributed by atoms with E-state index in [4.69, 9.17) is 9.84 Å². The quantitative estimate of drug-likeness (QED) is 0.674. The maximum absolute atomic E-state index is 10.7. The minimum Gasteiger partial charge on any atom is -0.492 e. The van der Waals surface area contributed by atoms with Crippen LogP contribution in [0.25, 0.3) is 0 Å². The number of carboxylic acids is 1. The summed E-state index contributed by atoms with van der Waals surface area (Å²) in [6.07, 6.45) is 0. The molecule has 112 valence electrons. The molecule has 20 heavy (non-hydrogen) atoms. The second-order valence-electron chi connectivity index (χ2n) is 5.00. The van der Waals surface area contributed by atoms with Gasteiger partial charge in [0.1, 0.15) is 12.4 Å². The van der Waals surface area contributed by atoms with Crippen molar-refractivity contribution in [3.8, 4) is 5.75 Å². The maximum Gasteiger partial charge on any atom is 0.335 e. The van der Waals surface area contributed by atoms with Crippen LogP contribution >= 0.6 is 0 Å². The molecule has 0 unspecified atom stereocenters. The predicted molar refractivity (Wildman–Crippen MR) is 79.5 cm³/mol. The topological polar surface area (TPSA) is 61.8 Å². The van der Waals surface area contributed by atoms with E-state index in [2.05, 4.69) is 31.1 Å². The molecule has 0 amide bonds. The molecule has 2 N–H and O–H groups in total. The van der Waals surface area contributed by atoms with Crippen LogP contribution in [0.1, 0.15) is 24.2 Å². The largest absolute Gasteiger partial charge is 0.492 e. The summed E-state index contributed by atoms with van der Waals surface area (Å²) in [4.78, 5) is 13.0. The number of carboxylic acid groups (broad SMARTS) is 1. The van der Waals surface area contributed by atoms with Crippen LogP contribution in [0.15, 0.2) is 24.3 Å². The smallest absolute Gasteiger partial charge is 0.335 e. The minimum atomic E-state index is -0.924. The summed E-state index contributed by atoms with van der Waals surface area (Å²) < 4.78 is 5.53. The second kappa shape index (κ2) is 8.55. The molecular formula is C15H24N2O3. The molecule has 0 aliphatic rings. The third-order valence-electron chi connectivity index (χ3n) is 3.17. The van der Waals surface area contributed by atoms with Crippen LogP contribution in [-0.4, -0.2) is 55.3 Å². The van der Waals surface area contributed by atoms with Gasteiger partial charge >= 0.3 is 5.97 Å². The number of aromatic carboxylic acids is 1. The highest BCUT2D eigenvalue weighted by Crippen LogP contribution is 2.11. The zero-order valence-electron chi connectivity index (χ0n) is 12.4. The lowest BCUT2D eigenvalue weighted by Gasteiger charge is -2.20. The number of benzene rings is 1. The van der Waals surface area contributed by atoms with Crippen molar-refractivity contribution in [1.29, 1.82) is 0 Å². The molecule has 1 aromatic carbocycles. The fourth-order valence-electron chi connectivity index (χ4n) is 1.57. The first kappa shape index (κ1) is 16.5. The highest BCUT2D eigenvalue weighted by molar-refractivity contribution is 5.87. The molecule has 5 heteroatoms. The average Bonchev–Trinajstić information content (AvgIpc) is 2.42. The first-order valence-electron chi connectivity index (χ1n) is 6.88. The fourth-order valence-corrected chi connectivity index (χ4v) is 1.57. The molecule has 0 aliphatic carbocycles. The van der Waals surface area contributed by atoms with Gasteiger partial charge < -0.3 is 20.1 Å². The zero-order valence-corrected chi connectivity index (χ0v) is 12.4. The van der Waals surface area contributed by atoms with Crippen LogP contribution in [-0.2, 0) is 0 Å². The molecule has 0 saturated heterocycles. The first-order chi connectivity index (χ1) is 9.50. The van der Waals surface area contributed by atoms with Gasteiger partial charge in [0, 0.05) is 25.7 Å². The number of hydrogen-bond acceptors (Lipinski definition) is 4. The molecule has 0 bridgehead atoms. The van der Waals surface area contributed by atoms with Gasteiger partial charge in [0.25, 0.3) is 0 Å². The number of hydrogen-bond donors (Lipinski definition) is 2. The number of carbonyl (C=O) groups is 1. The summed E-state index contributed by atoms with van der Waals surface area (Å²) in [7, 11) is 2.10. The van der Waals surface area contributed by atoms with E-state index in [1.54, 1.807) is 24.3 Å². The summed E-state index contributed by atoms with van der Waals surface area (Å²) in [6.45, 7) is 7.61. The third kappa shape index (κ3) is 6.04. The van der Waals surface area contributed by atoms with Gasteiger partial charge in [0.2, 0.25) is 0 Å². The van der Waals surface area contributed by atoms with Crippen LogP contribution < -0.4 is 10.1 Å². The Kier molecular flexibility index (Phi) is 7.04. The predicted octanol–water partition coefficient (Wildman–Crippen LogP) is 1.69. The molecular weight excluding hydrogens is 256 g/mol. The van der Waals surface area contributed by atoms with Crippen molar-refractivity contribution in [2.24, 2.45) is 0 Å². The van der Waals surface area contributed by atoms with Crippen LogP contribution in [0.2, 0.25) is 0 Å². The van der Waals surface area contributed by atoms with E-state index in [9.17, 15) is 4.79 Å². The Morgan fingerprint density at radius 1 is 1.30 bits per heavy atom. The van der Waals surface area contributed by atoms with Gasteiger partial charge in [-0.1, -0.05) is 0 Å². The average molecular weight is 280 g/mol. The number of nitrogens with one attached hydrogen (secondary N) is 1. The molecule has 0 aromatic heterocycles. The molecule has 0 aliphatic heterocycles. The Bertz CT molecular complexity index is 404. The lowest BCUT2D eigenvalue weighted by atomic mass is 10.2. The summed E-state index contributed by atoms with van der Waals surface area (Å²) >= 11 is 0. The molecule has 0 spiro atoms. The van der Waals surface area contributed by atoms with Crippen molar-refractivity contribution >= 4 is 5.97 Å². The number of rotatable bonds is 9. The number of likely N-dealkylation sites (N-methyl/N-ethyl adjacent to an activating group) is 1. The fraction of sp³-hybridized carbons (Fsp3) is 0.533. The van der Waals surface area contributed by atoms with E-state index in [0.717, 1.165) is 19.6 Å². The summed E-state index contributed by atoms with van der Waals surface area (Å²) in [6, 6.07) is 7.00. The Hall–Kier alpha value is -1.59. The second-order valence-corrected chi connectivity index (χ2v) is 5.00. The summed E-state index contributed by atoms with van der Waals surface area (Å²) in [5, 5.41) is 12.1. The van der Waals surface area contributed by atoms with Crippen molar-refractivity contribution in [2.45, 2.75) is 19.9 Å². The lowest BCUT2D eigenvalue weighted by molar-refractivity contribution is 0.0697. The number of ether oxygens (including phenoxy) is 1. The van der Waals surface area contributed by atoms with Gasteiger partial charge in [0.15, 0.2) is 0 Å². The van der Waals surface area contributed by atoms with Crippen molar-refractivity contribution in [1.82, 2.24) is 10.2 Å². The van der Waals surface area contributed by atoms with Gasteiger partial charge in [-0.25, -0.2) is 4.79 Å². The molecule has 1 aromatic rings. The van der Waals surface area contributed by atoms with Crippen molar-refractivity contribution < 1.29 is 14.6 Å². The summed E-state index contributed by atoms with van der Waals surface area (Å²) in [5.74, 6) is -0.233. The van der Waals surface area contributed by atoms with Crippen LogP contribution in [0.5, 0.6) is 5.75 Å². The Morgan fingerprint density at radius 2 is 1.95 bits per heavy atom. The monoisotopic (exact) mass is 280 g/mol. The molecule has 0 atom stereocenters. The molecule has 0 saturated carbocycles. The number of nitrogens with zero attached hydrogens (tertiary/aromatic N) is 1. The van der Waals surface area contributed by atoms with Crippen molar-refractivity contribution in [3.63, 3.8) is 0 Å². The third-order valence-corrected chi connectivity index (χ3v) is 3.17. The highest BCUT2D eigenvalue weighted by atomic mass is 16.5. The van der Waals surface area contributed by atoms with Crippen molar-refractivity contribution in [2.75, 3.05) is 33.3 Å². The first-order valence-corrected chi connectivity index (χ1v) is 6.88. The molecule has 0 fully saturated rings. The standard InChI is InChI=1S/C15H24N2O3/c1-12(2)17(3)10-8-16-9-11-20-14-6-4-13(5-7-14)15(18)19/h4-7,12,16H,8-11H2,1-3H3,(H,18,19). The normalized spacial score (nSPS) is 11.1.